The molecular weight excluding hydrogens is 280 g/mol. The average Bonchev–Trinajstić information content (AvgIpc) is 2.94. The number of anilines is 1. The van der Waals surface area contributed by atoms with Crippen molar-refractivity contribution in [1.82, 2.24) is 4.98 Å². The standard InChI is InChI=1S/C13H18N2O2S2/c1-17-11(16)13(6-2-3-7-13)10-8-18-12(14-10)15-19-9-4-5-9/h8-9H,2-7H2,1H3,(H,14,15). The first-order valence-electron chi connectivity index (χ1n) is 6.71. The molecule has 1 N–H and O–H groups in total. The van der Waals surface area contributed by atoms with Crippen molar-refractivity contribution >= 4 is 34.4 Å². The normalized spacial score (nSPS) is 21.3. The summed E-state index contributed by atoms with van der Waals surface area (Å²) in [6.45, 7) is 0. The second-order valence-electron chi connectivity index (χ2n) is 5.24. The molecule has 6 heteroatoms. The summed E-state index contributed by atoms with van der Waals surface area (Å²) in [6, 6.07) is 0. The van der Waals surface area contributed by atoms with Crippen LogP contribution in [0.5, 0.6) is 0 Å². The number of ether oxygens (including phenoxy) is 1. The van der Waals surface area contributed by atoms with E-state index in [0.717, 1.165) is 41.8 Å². The van der Waals surface area contributed by atoms with Gasteiger partial charge in [-0.15, -0.1) is 11.3 Å². The average molecular weight is 298 g/mol. The zero-order chi connectivity index (χ0) is 13.3. The minimum atomic E-state index is -0.491. The van der Waals surface area contributed by atoms with E-state index in [9.17, 15) is 4.79 Å². The number of esters is 1. The predicted octanol–water partition coefficient (Wildman–Crippen LogP) is 3.35. The first-order valence-corrected chi connectivity index (χ1v) is 8.46. The number of carbonyl (C=O) groups excluding carboxylic acids is 1. The van der Waals surface area contributed by atoms with E-state index in [2.05, 4.69) is 9.71 Å². The Morgan fingerprint density at radius 1 is 1.53 bits per heavy atom. The monoisotopic (exact) mass is 298 g/mol. The molecule has 0 unspecified atom stereocenters. The summed E-state index contributed by atoms with van der Waals surface area (Å²) in [7, 11) is 1.47. The Labute approximate surface area is 121 Å². The van der Waals surface area contributed by atoms with Crippen molar-refractivity contribution in [2.75, 3.05) is 11.8 Å². The fraction of sp³-hybridized carbons (Fsp3) is 0.692. The van der Waals surface area contributed by atoms with Gasteiger partial charge in [0.25, 0.3) is 0 Å². The Balaban J connectivity index is 1.76. The summed E-state index contributed by atoms with van der Waals surface area (Å²) >= 11 is 3.33. The van der Waals surface area contributed by atoms with Crippen LogP contribution < -0.4 is 4.72 Å². The van der Waals surface area contributed by atoms with Gasteiger partial charge in [-0.2, -0.15) is 0 Å². The van der Waals surface area contributed by atoms with Gasteiger partial charge in [-0.25, -0.2) is 4.98 Å². The second-order valence-corrected chi connectivity index (χ2v) is 7.20. The second kappa shape index (κ2) is 5.32. The highest BCUT2D eigenvalue weighted by atomic mass is 32.2. The van der Waals surface area contributed by atoms with Crippen LogP contribution in [0.3, 0.4) is 0 Å². The lowest BCUT2D eigenvalue weighted by atomic mass is 9.83. The van der Waals surface area contributed by atoms with Gasteiger partial charge in [0.2, 0.25) is 0 Å². The highest BCUT2D eigenvalue weighted by Gasteiger charge is 2.45. The van der Waals surface area contributed by atoms with Gasteiger partial charge in [0.15, 0.2) is 5.13 Å². The van der Waals surface area contributed by atoms with Crippen molar-refractivity contribution in [2.45, 2.75) is 49.2 Å². The lowest BCUT2D eigenvalue weighted by Gasteiger charge is -2.23. The van der Waals surface area contributed by atoms with Crippen LogP contribution in [0.4, 0.5) is 5.13 Å². The highest BCUT2D eigenvalue weighted by Crippen LogP contribution is 2.43. The third kappa shape index (κ3) is 2.60. The van der Waals surface area contributed by atoms with Gasteiger partial charge < -0.3 is 9.46 Å². The molecule has 1 aromatic heterocycles. The molecule has 2 aliphatic carbocycles. The minimum Gasteiger partial charge on any atom is -0.468 e. The smallest absolute Gasteiger partial charge is 0.317 e. The SMILES string of the molecule is COC(=O)C1(c2csc(NSC3CC3)n2)CCCC1. The third-order valence-corrected chi connectivity index (χ3v) is 5.87. The lowest BCUT2D eigenvalue weighted by Crippen LogP contribution is -2.34. The quantitative estimate of drug-likeness (QED) is 0.667. The maximum Gasteiger partial charge on any atom is 0.317 e. The van der Waals surface area contributed by atoms with Crippen molar-refractivity contribution in [1.29, 1.82) is 0 Å². The predicted molar refractivity (Wildman–Crippen MR) is 78.5 cm³/mol. The molecule has 1 heterocycles. The van der Waals surface area contributed by atoms with Gasteiger partial charge >= 0.3 is 5.97 Å². The summed E-state index contributed by atoms with van der Waals surface area (Å²) in [5.41, 5.74) is 0.399. The van der Waals surface area contributed by atoms with Gasteiger partial charge in [-0.05, 0) is 37.6 Å². The molecule has 4 nitrogen and oxygen atoms in total. The number of nitrogens with one attached hydrogen (secondary N) is 1. The van der Waals surface area contributed by atoms with Crippen LogP contribution >= 0.6 is 23.3 Å². The molecule has 2 aliphatic rings. The fourth-order valence-corrected chi connectivity index (χ4v) is 4.27. The van der Waals surface area contributed by atoms with Crippen molar-refractivity contribution in [3.05, 3.63) is 11.1 Å². The highest BCUT2D eigenvalue weighted by molar-refractivity contribution is 8.01. The number of carbonyl (C=O) groups is 1. The molecule has 3 rings (SSSR count). The van der Waals surface area contributed by atoms with E-state index >= 15 is 0 Å². The van der Waals surface area contributed by atoms with Crippen LogP contribution in [-0.4, -0.2) is 23.3 Å². The Morgan fingerprint density at radius 3 is 2.89 bits per heavy atom. The number of rotatable bonds is 5. The van der Waals surface area contributed by atoms with Gasteiger partial charge in [0.1, 0.15) is 5.41 Å². The van der Waals surface area contributed by atoms with Crippen molar-refractivity contribution in [3.63, 3.8) is 0 Å². The number of aromatic nitrogens is 1. The van der Waals surface area contributed by atoms with Crippen LogP contribution in [0.25, 0.3) is 0 Å². The molecule has 2 saturated carbocycles. The fourth-order valence-electron chi connectivity index (χ4n) is 2.60. The molecule has 0 amide bonds. The molecule has 104 valence electrons. The maximum absolute atomic E-state index is 12.1. The number of thiazole rings is 1. The van der Waals surface area contributed by atoms with Crippen molar-refractivity contribution in [2.24, 2.45) is 0 Å². The van der Waals surface area contributed by atoms with E-state index in [-0.39, 0.29) is 5.97 Å². The van der Waals surface area contributed by atoms with Gasteiger partial charge in [-0.3, -0.25) is 4.79 Å². The van der Waals surface area contributed by atoms with E-state index in [1.807, 2.05) is 5.38 Å². The van der Waals surface area contributed by atoms with E-state index < -0.39 is 5.41 Å². The molecule has 0 aliphatic heterocycles. The molecule has 0 saturated heterocycles. The molecule has 0 aromatic carbocycles. The first-order chi connectivity index (χ1) is 9.24. The molecule has 19 heavy (non-hydrogen) atoms. The van der Waals surface area contributed by atoms with Crippen molar-refractivity contribution in [3.8, 4) is 0 Å². The number of hydrogen-bond acceptors (Lipinski definition) is 6. The summed E-state index contributed by atoms with van der Waals surface area (Å²) in [6.07, 6.45) is 6.46. The molecular formula is C13H18N2O2S2. The van der Waals surface area contributed by atoms with E-state index in [4.69, 9.17) is 4.74 Å². The Bertz CT molecular complexity index is 465. The lowest BCUT2D eigenvalue weighted by molar-refractivity contribution is -0.147. The van der Waals surface area contributed by atoms with Crippen LogP contribution in [0.1, 0.15) is 44.2 Å². The van der Waals surface area contributed by atoms with E-state index in [0.29, 0.717) is 0 Å². The van der Waals surface area contributed by atoms with Crippen LogP contribution in [-0.2, 0) is 14.9 Å². The van der Waals surface area contributed by atoms with E-state index in [1.165, 1.54) is 20.0 Å². The summed E-state index contributed by atoms with van der Waals surface area (Å²) in [5, 5.41) is 3.66. The summed E-state index contributed by atoms with van der Waals surface area (Å²) < 4.78 is 8.31. The van der Waals surface area contributed by atoms with Crippen LogP contribution in [0.15, 0.2) is 5.38 Å². The molecule has 1 aromatic rings. The molecule has 0 atom stereocenters. The number of nitrogens with zero attached hydrogens (tertiary/aromatic N) is 1. The Kier molecular flexibility index (Phi) is 3.71. The molecule has 0 bridgehead atoms. The molecule has 0 radical (unpaired) electrons. The zero-order valence-corrected chi connectivity index (χ0v) is 12.6. The largest absolute Gasteiger partial charge is 0.468 e. The molecule has 0 spiro atoms. The molecule has 2 fully saturated rings. The first kappa shape index (κ1) is 13.2. The topological polar surface area (TPSA) is 51.2 Å². The summed E-state index contributed by atoms with van der Waals surface area (Å²) in [5.74, 6) is -0.128. The van der Waals surface area contributed by atoms with Gasteiger partial charge in [0, 0.05) is 10.6 Å². The van der Waals surface area contributed by atoms with E-state index in [1.54, 1.807) is 23.3 Å². The van der Waals surface area contributed by atoms with Crippen molar-refractivity contribution < 1.29 is 9.53 Å². The number of hydrogen-bond donors (Lipinski definition) is 1. The van der Waals surface area contributed by atoms with Crippen LogP contribution in [0, 0.1) is 0 Å². The van der Waals surface area contributed by atoms with Gasteiger partial charge in [0.05, 0.1) is 12.8 Å². The van der Waals surface area contributed by atoms with Crippen LogP contribution in [0.2, 0.25) is 0 Å². The number of methoxy groups -OCH3 is 1. The third-order valence-electron chi connectivity index (χ3n) is 3.87. The zero-order valence-electron chi connectivity index (χ0n) is 11.0. The Morgan fingerprint density at radius 2 is 2.26 bits per heavy atom. The van der Waals surface area contributed by atoms with Gasteiger partial charge in [-0.1, -0.05) is 12.8 Å². The summed E-state index contributed by atoms with van der Waals surface area (Å²) in [4.78, 5) is 16.8. The minimum absolute atomic E-state index is 0.128. The Hall–Kier alpha value is -0.750. The maximum atomic E-state index is 12.1.